The highest BCUT2D eigenvalue weighted by atomic mass is 19.3. The number of benzene rings is 2. The van der Waals surface area contributed by atoms with Crippen molar-refractivity contribution in [3.63, 3.8) is 0 Å². The van der Waals surface area contributed by atoms with E-state index in [-0.39, 0.29) is 12.8 Å². The zero-order valence-corrected chi connectivity index (χ0v) is 12.0. The Morgan fingerprint density at radius 2 is 1.60 bits per heavy atom. The third kappa shape index (κ3) is 4.03. The number of hydrogen-bond acceptors (Lipinski definition) is 0. The number of hydrogen-bond donors (Lipinski definition) is 0. The highest BCUT2D eigenvalue weighted by Crippen LogP contribution is 2.28. The van der Waals surface area contributed by atoms with Gasteiger partial charge in [-0.25, -0.2) is 8.78 Å². The van der Waals surface area contributed by atoms with Crippen LogP contribution in [0.5, 0.6) is 0 Å². The lowest BCUT2D eigenvalue weighted by Gasteiger charge is -2.16. The van der Waals surface area contributed by atoms with E-state index in [1.165, 1.54) is 16.3 Å². The van der Waals surface area contributed by atoms with Crippen molar-refractivity contribution in [1.29, 1.82) is 0 Å². The van der Waals surface area contributed by atoms with Crippen molar-refractivity contribution >= 4 is 10.8 Å². The molecule has 0 spiro atoms. The van der Waals surface area contributed by atoms with Crippen LogP contribution < -0.4 is 0 Å². The van der Waals surface area contributed by atoms with Gasteiger partial charge >= 0.3 is 0 Å². The second-order valence-electron chi connectivity index (χ2n) is 5.45. The third-order valence-corrected chi connectivity index (χ3v) is 3.76. The van der Waals surface area contributed by atoms with Crippen LogP contribution >= 0.6 is 0 Å². The van der Waals surface area contributed by atoms with Crippen LogP contribution in [0.15, 0.2) is 42.5 Å². The van der Waals surface area contributed by atoms with Gasteiger partial charge in [-0.05, 0) is 35.6 Å². The number of rotatable bonds is 7. The van der Waals surface area contributed by atoms with Gasteiger partial charge in [-0.3, -0.25) is 0 Å². The van der Waals surface area contributed by atoms with E-state index >= 15 is 0 Å². The van der Waals surface area contributed by atoms with E-state index in [4.69, 9.17) is 0 Å². The van der Waals surface area contributed by atoms with Gasteiger partial charge in [0.1, 0.15) is 0 Å². The van der Waals surface area contributed by atoms with Gasteiger partial charge in [0.25, 0.3) is 0 Å². The van der Waals surface area contributed by atoms with Crippen molar-refractivity contribution in [2.45, 2.75) is 51.4 Å². The first-order valence-electron chi connectivity index (χ1n) is 7.47. The predicted octanol–water partition coefficient (Wildman–Crippen LogP) is 5.99. The Morgan fingerprint density at radius 1 is 0.900 bits per heavy atom. The van der Waals surface area contributed by atoms with Gasteiger partial charge in [-0.1, -0.05) is 55.8 Å². The Kier molecular flexibility index (Phi) is 5.11. The minimum Gasteiger partial charge on any atom is -0.207 e. The van der Waals surface area contributed by atoms with Crippen molar-refractivity contribution in [2.75, 3.05) is 0 Å². The molecule has 0 saturated carbocycles. The molecule has 0 aliphatic rings. The zero-order valence-electron chi connectivity index (χ0n) is 12.0. The minimum atomic E-state index is -2.50. The van der Waals surface area contributed by atoms with E-state index in [0.717, 1.165) is 12.8 Å². The summed E-state index contributed by atoms with van der Waals surface area (Å²) in [5.41, 5.74) is 1.18. The maximum Gasteiger partial charge on any atom is 0.248 e. The van der Waals surface area contributed by atoms with E-state index in [0.29, 0.717) is 12.8 Å². The van der Waals surface area contributed by atoms with E-state index < -0.39 is 5.92 Å². The van der Waals surface area contributed by atoms with E-state index in [9.17, 15) is 8.78 Å². The summed E-state index contributed by atoms with van der Waals surface area (Å²) < 4.78 is 27.3. The zero-order chi connectivity index (χ0) is 14.4. The monoisotopic (exact) mass is 276 g/mol. The van der Waals surface area contributed by atoms with Crippen LogP contribution in [0.4, 0.5) is 8.78 Å². The molecular weight excluding hydrogens is 254 g/mol. The Bertz CT molecular complexity index is 541. The molecule has 0 fully saturated rings. The molecule has 0 heterocycles. The molecule has 2 aromatic rings. The molecular formula is C18H22F2. The van der Waals surface area contributed by atoms with Crippen molar-refractivity contribution in [3.8, 4) is 0 Å². The molecule has 0 amide bonds. The molecule has 0 aromatic heterocycles. The Balaban J connectivity index is 1.96. The summed E-state index contributed by atoms with van der Waals surface area (Å²) in [6.07, 6.45) is 2.74. The van der Waals surface area contributed by atoms with Crippen LogP contribution in [0, 0.1) is 0 Å². The average molecular weight is 276 g/mol. The molecule has 108 valence electrons. The smallest absolute Gasteiger partial charge is 0.207 e. The topological polar surface area (TPSA) is 0 Å². The number of alkyl halides is 2. The summed E-state index contributed by atoms with van der Waals surface area (Å²) in [5.74, 6) is -2.50. The Morgan fingerprint density at radius 3 is 2.40 bits per heavy atom. The Hall–Kier alpha value is -1.44. The fourth-order valence-corrected chi connectivity index (χ4v) is 2.61. The summed E-state index contributed by atoms with van der Waals surface area (Å²) in [6, 6.07) is 14.3. The molecule has 2 heteroatoms. The van der Waals surface area contributed by atoms with Crippen molar-refractivity contribution in [3.05, 3.63) is 48.0 Å². The standard InChI is InChI=1S/C18H22F2/c1-2-3-13-18(19,20)14-7-11-16-10-6-9-15-8-4-5-12-17(15)16/h4-6,8-10,12H,2-3,7,11,13-14H2,1H3. The highest BCUT2D eigenvalue weighted by molar-refractivity contribution is 5.85. The lowest BCUT2D eigenvalue weighted by atomic mass is 9.98. The van der Waals surface area contributed by atoms with E-state index in [1.807, 2.05) is 31.2 Å². The number of aryl methyl sites for hydroxylation is 1. The van der Waals surface area contributed by atoms with Crippen LogP contribution in [0.2, 0.25) is 0 Å². The number of unbranched alkanes of at least 4 members (excludes halogenated alkanes) is 1. The van der Waals surface area contributed by atoms with Gasteiger partial charge in [0.2, 0.25) is 5.92 Å². The Labute approximate surface area is 119 Å². The van der Waals surface area contributed by atoms with Gasteiger partial charge in [0, 0.05) is 12.8 Å². The summed E-state index contributed by atoms with van der Waals surface area (Å²) in [4.78, 5) is 0. The minimum absolute atomic E-state index is 0.00375. The fourth-order valence-electron chi connectivity index (χ4n) is 2.61. The molecule has 20 heavy (non-hydrogen) atoms. The second-order valence-corrected chi connectivity index (χ2v) is 5.45. The van der Waals surface area contributed by atoms with Gasteiger partial charge in [0.15, 0.2) is 0 Å². The highest BCUT2D eigenvalue weighted by Gasteiger charge is 2.26. The maximum absolute atomic E-state index is 13.6. The van der Waals surface area contributed by atoms with Gasteiger partial charge < -0.3 is 0 Å². The maximum atomic E-state index is 13.6. The molecule has 0 bridgehead atoms. The summed E-state index contributed by atoms with van der Waals surface area (Å²) in [6.45, 7) is 1.95. The molecule has 0 atom stereocenters. The van der Waals surface area contributed by atoms with Crippen molar-refractivity contribution < 1.29 is 8.78 Å². The largest absolute Gasteiger partial charge is 0.248 e. The van der Waals surface area contributed by atoms with Crippen LogP contribution in [0.25, 0.3) is 10.8 Å². The van der Waals surface area contributed by atoms with Crippen molar-refractivity contribution in [1.82, 2.24) is 0 Å². The first-order valence-corrected chi connectivity index (χ1v) is 7.47. The molecule has 0 nitrogen and oxygen atoms in total. The SMILES string of the molecule is CCCCC(F)(F)CCCc1cccc2ccccc12. The van der Waals surface area contributed by atoms with Crippen LogP contribution in [0.3, 0.4) is 0 Å². The van der Waals surface area contributed by atoms with Crippen molar-refractivity contribution in [2.24, 2.45) is 0 Å². The molecule has 0 N–H and O–H groups in total. The number of halogens is 2. The van der Waals surface area contributed by atoms with Gasteiger partial charge in [-0.2, -0.15) is 0 Å². The molecule has 0 radical (unpaired) electrons. The van der Waals surface area contributed by atoms with Crippen LogP contribution in [-0.4, -0.2) is 5.92 Å². The van der Waals surface area contributed by atoms with Crippen LogP contribution in [0.1, 0.15) is 44.6 Å². The molecule has 2 aromatic carbocycles. The summed E-state index contributed by atoms with van der Waals surface area (Å²) in [7, 11) is 0. The molecule has 0 aliphatic heterocycles. The lowest BCUT2D eigenvalue weighted by molar-refractivity contribution is -0.0196. The molecule has 0 aliphatic carbocycles. The van der Waals surface area contributed by atoms with Gasteiger partial charge in [-0.15, -0.1) is 0 Å². The van der Waals surface area contributed by atoms with E-state index in [1.54, 1.807) is 0 Å². The first-order chi connectivity index (χ1) is 9.62. The third-order valence-electron chi connectivity index (χ3n) is 3.76. The molecule has 0 saturated heterocycles. The first kappa shape index (κ1) is 15.0. The molecule has 2 rings (SSSR count). The summed E-state index contributed by atoms with van der Waals surface area (Å²) in [5, 5.41) is 2.37. The quantitative estimate of drug-likeness (QED) is 0.583. The predicted molar refractivity (Wildman–Crippen MR) is 81.4 cm³/mol. The average Bonchev–Trinajstić information content (AvgIpc) is 2.45. The lowest BCUT2D eigenvalue weighted by Crippen LogP contribution is -2.15. The van der Waals surface area contributed by atoms with Gasteiger partial charge in [0.05, 0.1) is 0 Å². The summed E-state index contributed by atoms with van der Waals surface area (Å²) >= 11 is 0. The number of fused-ring (bicyclic) bond motifs is 1. The van der Waals surface area contributed by atoms with Crippen LogP contribution in [-0.2, 0) is 6.42 Å². The second kappa shape index (κ2) is 6.83. The fraction of sp³-hybridized carbons (Fsp3) is 0.444. The van der Waals surface area contributed by atoms with E-state index in [2.05, 4.69) is 18.2 Å². The molecule has 0 unspecified atom stereocenters. The normalized spacial score (nSPS) is 11.9.